The topological polar surface area (TPSA) is 87.2 Å². The molecule has 2 rings (SSSR count). The smallest absolute Gasteiger partial charge is 0.335 e. The van der Waals surface area contributed by atoms with Crippen molar-refractivity contribution < 1.29 is 24.2 Å². The monoisotopic (exact) mass is 334 g/mol. The molecule has 130 valence electrons. The molecule has 2 amide bonds. The molecule has 24 heavy (non-hydrogen) atoms. The van der Waals surface area contributed by atoms with Gasteiger partial charge in [-0.15, -0.1) is 0 Å². The molecule has 1 aromatic rings. The summed E-state index contributed by atoms with van der Waals surface area (Å²) in [7, 11) is 3.33. The summed E-state index contributed by atoms with van der Waals surface area (Å²) in [5, 5.41) is 9.13. The van der Waals surface area contributed by atoms with Gasteiger partial charge in [0.2, 0.25) is 11.8 Å². The zero-order valence-corrected chi connectivity index (χ0v) is 13.9. The minimum Gasteiger partial charge on any atom is -0.478 e. The van der Waals surface area contributed by atoms with Gasteiger partial charge in [-0.3, -0.25) is 9.59 Å². The molecule has 7 nitrogen and oxygen atoms in total. The Hall–Kier alpha value is -2.41. The summed E-state index contributed by atoms with van der Waals surface area (Å²) in [5.41, 5.74) is 0.889. The number of benzene rings is 1. The maximum Gasteiger partial charge on any atom is 0.335 e. The van der Waals surface area contributed by atoms with Gasteiger partial charge >= 0.3 is 5.97 Å². The highest BCUT2D eigenvalue weighted by molar-refractivity contribution is 5.89. The molecule has 1 aromatic carbocycles. The van der Waals surface area contributed by atoms with Crippen molar-refractivity contribution in [2.24, 2.45) is 0 Å². The van der Waals surface area contributed by atoms with Crippen molar-refractivity contribution in [1.29, 1.82) is 0 Å². The first-order valence-electron chi connectivity index (χ1n) is 7.79. The number of amides is 2. The van der Waals surface area contributed by atoms with Crippen molar-refractivity contribution >= 4 is 17.8 Å². The van der Waals surface area contributed by atoms with Crippen molar-refractivity contribution in [3.8, 4) is 0 Å². The lowest BCUT2D eigenvalue weighted by Crippen LogP contribution is -2.55. The van der Waals surface area contributed by atoms with Gasteiger partial charge in [0.15, 0.2) is 0 Å². The van der Waals surface area contributed by atoms with Crippen LogP contribution >= 0.6 is 0 Å². The van der Waals surface area contributed by atoms with Gasteiger partial charge in [-0.1, -0.05) is 18.2 Å². The Bertz CT molecular complexity index is 623. The second-order valence-electron chi connectivity index (χ2n) is 5.98. The normalized spacial score (nSPS) is 14.2. The van der Waals surface area contributed by atoms with Crippen LogP contribution in [0, 0.1) is 0 Å². The van der Waals surface area contributed by atoms with Crippen LogP contribution in [-0.4, -0.2) is 72.6 Å². The summed E-state index contributed by atoms with van der Waals surface area (Å²) in [5.74, 6) is -1.12. The molecule has 0 aliphatic carbocycles. The number of carbonyl (C=O) groups is 3. The summed E-state index contributed by atoms with van der Waals surface area (Å²) in [6.45, 7) is 0.964. The zero-order chi connectivity index (χ0) is 17.7. The molecule has 1 N–H and O–H groups in total. The summed E-state index contributed by atoms with van der Waals surface area (Å²) < 4.78 is 5.43. The molecule has 1 fully saturated rings. The highest BCUT2D eigenvalue weighted by atomic mass is 16.5. The van der Waals surface area contributed by atoms with Crippen molar-refractivity contribution in [1.82, 2.24) is 9.80 Å². The van der Waals surface area contributed by atoms with E-state index < -0.39 is 5.97 Å². The fraction of sp³-hybridized carbons (Fsp3) is 0.471. The van der Waals surface area contributed by atoms with Gasteiger partial charge in [0.25, 0.3) is 0 Å². The predicted octanol–water partition coefficient (Wildman–Crippen LogP) is 0.633. The van der Waals surface area contributed by atoms with Crippen LogP contribution in [-0.2, 0) is 20.7 Å². The minimum atomic E-state index is -0.985. The summed E-state index contributed by atoms with van der Waals surface area (Å²) in [6.07, 6.45) is 0.542. The summed E-state index contributed by atoms with van der Waals surface area (Å²) in [4.78, 5) is 37.8. The Morgan fingerprint density at radius 3 is 2.54 bits per heavy atom. The van der Waals surface area contributed by atoms with Crippen molar-refractivity contribution in [3.05, 3.63) is 35.4 Å². The molecule has 0 aromatic heterocycles. The Morgan fingerprint density at radius 1 is 1.25 bits per heavy atom. The van der Waals surface area contributed by atoms with E-state index >= 15 is 0 Å². The van der Waals surface area contributed by atoms with Crippen LogP contribution in [0.5, 0.6) is 0 Å². The zero-order valence-electron chi connectivity index (χ0n) is 13.9. The van der Waals surface area contributed by atoms with Crippen LogP contribution in [0.3, 0.4) is 0 Å². The minimum absolute atomic E-state index is 0.0195. The average molecular weight is 334 g/mol. The third kappa shape index (κ3) is 4.55. The number of hydrogen-bond acceptors (Lipinski definition) is 4. The molecule has 1 saturated heterocycles. The number of hydrogen-bond donors (Lipinski definition) is 1. The second-order valence-corrected chi connectivity index (χ2v) is 5.98. The summed E-state index contributed by atoms with van der Waals surface area (Å²) >= 11 is 0. The van der Waals surface area contributed by atoms with E-state index in [2.05, 4.69) is 0 Å². The number of aromatic carboxylic acids is 1. The first-order chi connectivity index (χ1) is 11.4. The highest BCUT2D eigenvalue weighted by Gasteiger charge is 2.31. The molecule has 1 aliphatic rings. The molecule has 1 aliphatic heterocycles. The lowest BCUT2D eigenvalue weighted by atomic mass is 10.0. The SMILES string of the molecule is CN(C)C(=O)COC1CN(C(=O)CCc2ccccc2C(=O)O)C1. The Kier molecular flexibility index (Phi) is 5.92. The second kappa shape index (κ2) is 7.92. The van der Waals surface area contributed by atoms with Gasteiger partial charge in [0.1, 0.15) is 6.61 Å². The maximum atomic E-state index is 12.1. The van der Waals surface area contributed by atoms with Gasteiger partial charge < -0.3 is 19.6 Å². The Labute approximate surface area is 140 Å². The Balaban J connectivity index is 1.74. The van der Waals surface area contributed by atoms with Crippen LogP contribution in [0.25, 0.3) is 0 Å². The van der Waals surface area contributed by atoms with Crippen molar-refractivity contribution in [2.75, 3.05) is 33.8 Å². The molecule has 0 radical (unpaired) electrons. The van der Waals surface area contributed by atoms with E-state index in [0.717, 1.165) is 0 Å². The molecule has 0 unspecified atom stereocenters. The predicted molar refractivity (Wildman–Crippen MR) is 86.7 cm³/mol. The van der Waals surface area contributed by atoms with Crippen LogP contribution in [0.2, 0.25) is 0 Å². The van der Waals surface area contributed by atoms with Gasteiger partial charge in [-0.2, -0.15) is 0 Å². The number of rotatable bonds is 7. The van der Waals surface area contributed by atoms with Crippen LogP contribution in [0.15, 0.2) is 24.3 Å². The third-order valence-electron chi connectivity index (χ3n) is 4.00. The van der Waals surface area contributed by atoms with E-state index in [1.807, 2.05) is 0 Å². The fourth-order valence-electron chi connectivity index (χ4n) is 2.41. The molecular formula is C17H22N2O5. The molecule has 0 saturated carbocycles. The first-order valence-corrected chi connectivity index (χ1v) is 7.79. The van der Waals surface area contributed by atoms with Crippen LogP contribution < -0.4 is 0 Å². The molecular weight excluding hydrogens is 312 g/mol. The first kappa shape index (κ1) is 17.9. The van der Waals surface area contributed by atoms with Crippen LogP contribution in [0.1, 0.15) is 22.3 Å². The van der Waals surface area contributed by atoms with Gasteiger partial charge in [-0.25, -0.2) is 4.79 Å². The van der Waals surface area contributed by atoms with E-state index in [1.165, 1.54) is 11.0 Å². The number of aryl methyl sites for hydroxylation is 1. The van der Waals surface area contributed by atoms with E-state index in [1.54, 1.807) is 37.2 Å². The highest BCUT2D eigenvalue weighted by Crippen LogP contribution is 2.16. The Morgan fingerprint density at radius 2 is 1.92 bits per heavy atom. The van der Waals surface area contributed by atoms with Crippen molar-refractivity contribution in [3.63, 3.8) is 0 Å². The van der Waals surface area contributed by atoms with E-state index in [-0.39, 0.29) is 36.5 Å². The van der Waals surface area contributed by atoms with Gasteiger partial charge in [-0.05, 0) is 18.1 Å². The lowest BCUT2D eigenvalue weighted by Gasteiger charge is -2.39. The van der Waals surface area contributed by atoms with Gasteiger partial charge in [0, 0.05) is 33.6 Å². The molecule has 0 atom stereocenters. The molecule has 0 bridgehead atoms. The quantitative estimate of drug-likeness (QED) is 0.790. The molecule has 7 heteroatoms. The van der Waals surface area contributed by atoms with E-state index in [4.69, 9.17) is 9.84 Å². The average Bonchev–Trinajstić information content (AvgIpc) is 2.51. The summed E-state index contributed by atoms with van der Waals surface area (Å²) in [6, 6.07) is 6.70. The lowest BCUT2D eigenvalue weighted by molar-refractivity contribution is -0.150. The van der Waals surface area contributed by atoms with E-state index in [9.17, 15) is 14.4 Å². The fourth-order valence-corrected chi connectivity index (χ4v) is 2.41. The van der Waals surface area contributed by atoms with Crippen LogP contribution in [0.4, 0.5) is 0 Å². The number of carbonyl (C=O) groups excluding carboxylic acids is 2. The number of carboxylic acid groups (broad SMARTS) is 1. The molecule has 1 heterocycles. The number of carboxylic acids is 1. The van der Waals surface area contributed by atoms with E-state index in [0.29, 0.717) is 25.1 Å². The number of ether oxygens (including phenoxy) is 1. The molecule has 0 spiro atoms. The largest absolute Gasteiger partial charge is 0.478 e. The number of likely N-dealkylation sites (N-methyl/N-ethyl adjacent to an activating group) is 1. The van der Waals surface area contributed by atoms with Crippen molar-refractivity contribution in [2.45, 2.75) is 18.9 Å². The van der Waals surface area contributed by atoms with Gasteiger partial charge in [0.05, 0.1) is 11.7 Å². The number of likely N-dealkylation sites (tertiary alicyclic amines) is 1. The third-order valence-corrected chi connectivity index (χ3v) is 4.00. The maximum absolute atomic E-state index is 12.1. The number of nitrogens with zero attached hydrogens (tertiary/aromatic N) is 2. The standard InChI is InChI=1S/C17H22N2O5/c1-18(2)16(21)11-24-13-9-19(10-13)15(20)8-7-12-5-3-4-6-14(12)17(22)23/h3-6,13H,7-11H2,1-2H3,(H,22,23).